The molecule has 28 heavy (non-hydrogen) atoms. The van der Waals surface area contributed by atoms with Crippen LogP contribution >= 0.6 is 0 Å². The highest BCUT2D eigenvalue weighted by molar-refractivity contribution is 6.07. The van der Waals surface area contributed by atoms with Gasteiger partial charge in [-0.2, -0.15) is 0 Å². The second-order valence-corrected chi connectivity index (χ2v) is 6.79. The molecule has 2 amide bonds. The van der Waals surface area contributed by atoms with Crippen LogP contribution in [-0.4, -0.2) is 24.3 Å². The molecule has 0 bridgehead atoms. The molecule has 0 unspecified atom stereocenters. The largest absolute Gasteiger partial charge is 0.426 e. The van der Waals surface area contributed by atoms with Crippen molar-refractivity contribution in [3.8, 4) is 5.75 Å². The average Bonchev–Trinajstić information content (AvgIpc) is 2.67. The second-order valence-electron chi connectivity index (χ2n) is 6.79. The predicted octanol–water partition coefficient (Wildman–Crippen LogP) is 3.94. The van der Waals surface area contributed by atoms with Crippen molar-refractivity contribution in [2.45, 2.75) is 39.5 Å². The van der Waals surface area contributed by atoms with Crippen molar-refractivity contribution in [3.05, 3.63) is 53.6 Å². The number of aryl methyl sites for hydroxylation is 1. The Labute approximate surface area is 164 Å². The lowest BCUT2D eigenvalue weighted by atomic mass is 10.00. The van der Waals surface area contributed by atoms with Crippen LogP contribution in [-0.2, 0) is 16.0 Å². The fourth-order valence-electron chi connectivity index (χ4n) is 3.30. The summed E-state index contributed by atoms with van der Waals surface area (Å²) in [5, 5.41) is 2.86. The summed E-state index contributed by atoms with van der Waals surface area (Å²) in [6, 6.07) is 12.2. The minimum Gasteiger partial charge on any atom is -0.426 e. The van der Waals surface area contributed by atoms with E-state index in [0.717, 1.165) is 24.1 Å². The minimum absolute atomic E-state index is 0.146. The van der Waals surface area contributed by atoms with Crippen LogP contribution in [0, 0.1) is 0 Å². The standard InChI is InChI=1S/C22H24N2O4/c1-3-4-13-24-19-11-10-17(14-16(19)9-12-21(24)26)23-22(27)18-7-5-6-8-20(18)28-15(2)25/h5-8,10-11,14H,3-4,9,12-13H2,1-2H3,(H,23,27). The van der Waals surface area contributed by atoms with E-state index in [4.69, 9.17) is 4.74 Å². The van der Waals surface area contributed by atoms with E-state index in [-0.39, 0.29) is 23.1 Å². The summed E-state index contributed by atoms with van der Waals surface area (Å²) in [7, 11) is 0. The summed E-state index contributed by atoms with van der Waals surface area (Å²) < 4.78 is 5.11. The number of fused-ring (bicyclic) bond motifs is 1. The van der Waals surface area contributed by atoms with E-state index in [1.165, 1.54) is 6.92 Å². The number of hydrogen-bond donors (Lipinski definition) is 1. The lowest BCUT2D eigenvalue weighted by molar-refractivity contribution is -0.131. The van der Waals surface area contributed by atoms with Crippen molar-refractivity contribution >= 4 is 29.2 Å². The lowest BCUT2D eigenvalue weighted by Gasteiger charge is -2.29. The van der Waals surface area contributed by atoms with Crippen molar-refractivity contribution in [2.75, 3.05) is 16.8 Å². The molecule has 0 radical (unpaired) electrons. The van der Waals surface area contributed by atoms with Crippen LogP contribution in [0.25, 0.3) is 0 Å². The van der Waals surface area contributed by atoms with Gasteiger partial charge in [0.1, 0.15) is 5.75 Å². The summed E-state index contributed by atoms with van der Waals surface area (Å²) >= 11 is 0. The summed E-state index contributed by atoms with van der Waals surface area (Å²) in [5.41, 5.74) is 2.89. The van der Waals surface area contributed by atoms with Gasteiger partial charge < -0.3 is 15.0 Å². The number of carbonyl (C=O) groups excluding carboxylic acids is 3. The molecule has 1 N–H and O–H groups in total. The molecule has 0 saturated heterocycles. The van der Waals surface area contributed by atoms with Crippen LogP contribution in [0.4, 0.5) is 11.4 Å². The monoisotopic (exact) mass is 380 g/mol. The SMILES string of the molecule is CCCCN1C(=O)CCc2cc(NC(=O)c3ccccc3OC(C)=O)ccc21. The van der Waals surface area contributed by atoms with E-state index in [0.29, 0.717) is 25.1 Å². The number of para-hydroxylation sites is 1. The number of nitrogens with zero attached hydrogens (tertiary/aromatic N) is 1. The van der Waals surface area contributed by atoms with Crippen LogP contribution in [0.2, 0.25) is 0 Å². The van der Waals surface area contributed by atoms with Crippen molar-refractivity contribution in [1.29, 1.82) is 0 Å². The van der Waals surface area contributed by atoms with E-state index in [1.807, 2.05) is 17.0 Å². The van der Waals surface area contributed by atoms with E-state index in [9.17, 15) is 14.4 Å². The number of benzene rings is 2. The third kappa shape index (κ3) is 4.39. The van der Waals surface area contributed by atoms with Crippen molar-refractivity contribution in [1.82, 2.24) is 0 Å². The number of amides is 2. The quantitative estimate of drug-likeness (QED) is 0.608. The van der Waals surface area contributed by atoms with Gasteiger partial charge in [0, 0.05) is 31.3 Å². The Morgan fingerprint density at radius 3 is 2.68 bits per heavy atom. The van der Waals surface area contributed by atoms with Gasteiger partial charge in [0.05, 0.1) is 5.56 Å². The van der Waals surface area contributed by atoms with Crippen LogP contribution in [0.5, 0.6) is 5.75 Å². The maximum absolute atomic E-state index is 12.7. The maximum atomic E-state index is 12.7. The Hall–Kier alpha value is -3.15. The Morgan fingerprint density at radius 2 is 1.93 bits per heavy atom. The molecular formula is C22H24N2O4. The molecule has 1 heterocycles. The van der Waals surface area contributed by atoms with Gasteiger partial charge in [0.25, 0.3) is 5.91 Å². The van der Waals surface area contributed by atoms with Gasteiger partial charge in [0.15, 0.2) is 0 Å². The first-order chi connectivity index (χ1) is 13.5. The maximum Gasteiger partial charge on any atom is 0.308 e. The van der Waals surface area contributed by atoms with Gasteiger partial charge in [-0.1, -0.05) is 25.5 Å². The Bertz CT molecular complexity index is 907. The van der Waals surface area contributed by atoms with Crippen LogP contribution < -0.4 is 15.0 Å². The van der Waals surface area contributed by atoms with Crippen LogP contribution in [0.15, 0.2) is 42.5 Å². The van der Waals surface area contributed by atoms with E-state index < -0.39 is 5.97 Å². The van der Waals surface area contributed by atoms with E-state index in [1.54, 1.807) is 30.3 Å². The van der Waals surface area contributed by atoms with Gasteiger partial charge >= 0.3 is 5.97 Å². The van der Waals surface area contributed by atoms with E-state index in [2.05, 4.69) is 12.2 Å². The third-order valence-electron chi connectivity index (χ3n) is 4.66. The molecule has 0 fully saturated rings. The zero-order valence-electron chi connectivity index (χ0n) is 16.2. The average molecular weight is 380 g/mol. The lowest BCUT2D eigenvalue weighted by Crippen LogP contribution is -2.35. The normalized spacial score (nSPS) is 13.1. The highest BCUT2D eigenvalue weighted by Crippen LogP contribution is 2.31. The summed E-state index contributed by atoms with van der Waals surface area (Å²) in [6.45, 7) is 4.11. The molecule has 1 aliphatic heterocycles. The summed E-state index contributed by atoms with van der Waals surface area (Å²) in [4.78, 5) is 38.0. The van der Waals surface area contributed by atoms with E-state index >= 15 is 0 Å². The molecule has 2 aromatic carbocycles. The molecule has 6 heteroatoms. The second kappa shape index (κ2) is 8.69. The first kappa shape index (κ1) is 19.6. The number of ether oxygens (including phenoxy) is 1. The highest BCUT2D eigenvalue weighted by Gasteiger charge is 2.24. The number of rotatable bonds is 6. The Morgan fingerprint density at radius 1 is 1.14 bits per heavy atom. The number of unbranched alkanes of at least 4 members (excludes halogenated alkanes) is 1. The minimum atomic E-state index is -0.481. The molecular weight excluding hydrogens is 356 g/mol. The zero-order chi connectivity index (χ0) is 20.1. The number of esters is 1. The first-order valence-corrected chi connectivity index (χ1v) is 9.51. The van der Waals surface area contributed by atoms with Crippen LogP contribution in [0.1, 0.15) is 49.0 Å². The van der Waals surface area contributed by atoms with Crippen LogP contribution in [0.3, 0.4) is 0 Å². The molecule has 0 aliphatic carbocycles. The first-order valence-electron chi connectivity index (χ1n) is 9.51. The molecule has 0 spiro atoms. The number of anilines is 2. The van der Waals surface area contributed by atoms with Gasteiger partial charge in [-0.25, -0.2) is 0 Å². The zero-order valence-corrected chi connectivity index (χ0v) is 16.2. The molecule has 3 rings (SSSR count). The molecule has 146 valence electrons. The Balaban J connectivity index is 1.80. The van der Waals surface area contributed by atoms with Gasteiger partial charge in [-0.05, 0) is 48.7 Å². The fraction of sp³-hybridized carbons (Fsp3) is 0.318. The summed E-state index contributed by atoms with van der Waals surface area (Å²) in [6.07, 6.45) is 3.11. The fourth-order valence-corrected chi connectivity index (χ4v) is 3.30. The smallest absolute Gasteiger partial charge is 0.308 e. The van der Waals surface area contributed by atoms with Crippen molar-refractivity contribution in [2.24, 2.45) is 0 Å². The Kier molecular flexibility index (Phi) is 6.09. The number of carbonyl (C=O) groups is 3. The topological polar surface area (TPSA) is 75.7 Å². The summed E-state index contributed by atoms with van der Waals surface area (Å²) in [5.74, 6) is -0.466. The van der Waals surface area contributed by atoms with Crippen molar-refractivity contribution < 1.29 is 19.1 Å². The predicted molar refractivity (Wildman–Crippen MR) is 108 cm³/mol. The van der Waals surface area contributed by atoms with Crippen molar-refractivity contribution in [3.63, 3.8) is 0 Å². The van der Waals surface area contributed by atoms with Gasteiger partial charge in [0.2, 0.25) is 5.91 Å². The molecule has 0 atom stereocenters. The molecule has 0 aromatic heterocycles. The molecule has 1 aliphatic rings. The molecule has 6 nitrogen and oxygen atoms in total. The number of hydrogen-bond acceptors (Lipinski definition) is 4. The third-order valence-corrected chi connectivity index (χ3v) is 4.66. The van der Waals surface area contributed by atoms with Gasteiger partial charge in [-0.3, -0.25) is 14.4 Å². The number of nitrogens with one attached hydrogen (secondary N) is 1. The van der Waals surface area contributed by atoms with Gasteiger partial charge in [-0.15, -0.1) is 0 Å². The highest BCUT2D eigenvalue weighted by atomic mass is 16.5. The molecule has 2 aromatic rings. The molecule has 0 saturated carbocycles.